The van der Waals surface area contributed by atoms with Gasteiger partial charge in [-0.25, -0.2) is 4.98 Å². The number of primary amides is 1. The molecule has 0 aliphatic carbocycles. The number of carbonyl (C=O) groups excluding carboxylic acids is 2. The Kier molecular flexibility index (Phi) is 5.62. The van der Waals surface area contributed by atoms with Crippen molar-refractivity contribution in [1.29, 1.82) is 0 Å². The maximum absolute atomic E-state index is 12.7. The summed E-state index contributed by atoms with van der Waals surface area (Å²) in [5, 5.41) is 5.94. The molecule has 2 heterocycles. The van der Waals surface area contributed by atoms with E-state index < -0.39 is 5.91 Å². The maximum Gasteiger partial charge on any atom is 0.249 e. The standard InChI is InChI=1S/C28H22N4O2/c29-27(34)24(20-7-2-1-3-8-20)14-22-16-30-28-25(22)15-23(17-31-28)32-26(33)13-18-10-11-19-6-4-5-9-21(19)12-18/h1-12,14-17H,13H2,(H2,29,34)(H,30,31)(H,32,33)/b24-14+. The van der Waals surface area contributed by atoms with E-state index in [0.717, 1.165) is 32.8 Å². The number of rotatable bonds is 6. The summed E-state index contributed by atoms with van der Waals surface area (Å²) in [6.07, 6.45) is 5.36. The number of nitrogens with one attached hydrogen (secondary N) is 2. The summed E-state index contributed by atoms with van der Waals surface area (Å²) in [4.78, 5) is 32.3. The first-order chi connectivity index (χ1) is 16.6. The van der Waals surface area contributed by atoms with Gasteiger partial charge in [0.1, 0.15) is 5.65 Å². The molecular formula is C28H22N4O2. The monoisotopic (exact) mass is 446 g/mol. The van der Waals surface area contributed by atoms with Crippen LogP contribution in [0.5, 0.6) is 0 Å². The third-order valence-corrected chi connectivity index (χ3v) is 5.68. The number of pyridine rings is 1. The number of nitrogens with zero attached hydrogens (tertiary/aromatic N) is 1. The van der Waals surface area contributed by atoms with Crippen molar-refractivity contribution >= 4 is 51.0 Å². The van der Waals surface area contributed by atoms with Gasteiger partial charge < -0.3 is 16.0 Å². The summed E-state index contributed by atoms with van der Waals surface area (Å²) in [6.45, 7) is 0. The molecule has 166 valence electrons. The highest BCUT2D eigenvalue weighted by molar-refractivity contribution is 6.24. The number of anilines is 1. The number of hydrogen-bond acceptors (Lipinski definition) is 3. The van der Waals surface area contributed by atoms with Gasteiger partial charge >= 0.3 is 0 Å². The largest absolute Gasteiger partial charge is 0.366 e. The molecule has 6 nitrogen and oxygen atoms in total. The number of nitrogens with two attached hydrogens (primary N) is 1. The molecule has 5 aromatic rings. The summed E-state index contributed by atoms with van der Waals surface area (Å²) in [6, 6.07) is 25.2. The van der Waals surface area contributed by atoms with Gasteiger partial charge in [-0.3, -0.25) is 9.59 Å². The van der Waals surface area contributed by atoms with Crippen LogP contribution in [0.25, 0.3) is 33.5 Å². The first-order valence-corrected chi connectivity index (χ1v) is 10.9. The molecule has 5 rings (SSSR count). The van der Waals surface area contributed by atoms with Crippen LogP contribution in [0.1, 0.15) is 16.7 Å². The predicted octanol–water partition coefficient (Wildman–Crippen LogP) is 4.92. The predicted molar refractivity (Wildman–Crippen MR) is 136 cm³/mol. The molecule has 0 saturated heterocycles. The van der Waals surface area contributed by atoms with Gasteiger partial charge in [0, 0.05) is 22.7 Å². The second kappa shape index (κ2) is 9.03. The van der Waals surface area contributed by atoms with E-state index in [-0.39, 0.29) is 12.3 Å². The zero-order chi connectivity index (χ0) is 23.5. The number of hydrogen-bond donors (Lipinski definition) is 3. The van der Waals surface area contributed by atoms with E-state index in [1.54, 1.807) is 18.5 Å². The minimum Gasteiger partial charge on any atom is -0.366 e. The third kappa shape index (κ3) is 4.42. The van der Waals surface area contributed by atoms with Gasteiger partial charge in [-0.2, -0.15) is 0 Å². The van der Waals surface area contributed by atoms with Gasteiger partial charge in [0.2, 0.25) is 11.8 Å². The average Bonchev–Trinajstić information content (AvgIpc) is 3.24. The molecule has 2 aromatic heterocycles. The van der Waals surface area contributed by atoms with Crippen molar-refractivity contribution in [1.82, 2.24) is 9.97 Å². The van der Waals surface area contributed by atoms with Crippen molar-refractivity contribution in [3.63, 3.8) is 0 Å². The Bertz CT molecular complexity index is 1550. The third-order valence-electron chi connectivity index (χ3n) is 5.68. The van der Waals surface area contributed by atoms with Crippen LogP contribution < -0.4 is 11.1 Å². The van der Waals surface area contributed by atoms with Crippen molar-refractivity contribution in [3.05, 3.63) is 108 Å². The van der Waals surface area contributed by atoms with E-state index in [4.69, 9.17) is 5.73 Å². The lowest BCUT2D eigenvalue weighted by molar-refractivity contribution is -0.115. The van der Waals surface area contributed by atoms with Gasteiger partial charge in [-0.1, -0.05) is 72.8 Å². The molecule has 2 amide bonds. The second-order valence-electron chi connectivity index (χ2n) is 8.06. The van der Waals surface area contributed by atoms with Gasteiger partial charge in [-0.05, 0) is 34.0 Å². The molecule has 6 heteroatoms. The summed E-state index contributed by atoms with van der Waals surface area (Å²) < 4.78 is 0. The fourth-order valence-corrected chi connectivity index (χ4v) is 4.02. The highest BCUT2D eigenvalue weighted by Crippen LogP contribution is 2.25. The lowest BCUT2D eigenvalue weighted by Crippen LogP contribution is -2.14. The van der Waals surface area contributed by atoms with Crippen molar-refractivity contribution in [2.75, 3.05) is 5.32 Å². The van der Waals surface area contributed by atoms with Gasteiger partial charge in [0.05, 0.1) is 18.3 Å². The zero-order valence-corrected chi connectivity index (χ0v) is 18.3. The molecule has 0 bridgehead atoms. The van der Waals surface area contributed by atoms with E-state index in [2.05, 4.69) is 15.3 Å². The van der Waals surface area contributed by atoms with Crippen molar-refractivity contribution in [2.24, 2.45) is 5.73 Å². The average molecular weight is 447 g/mol. The van der Waals surface area contributed by atoms with Crippen LogP contribution in [-0.4, -0.2) is 21.8 Å². The first-order valence-electron chi connectivity index (χ1n) is 10.9. The number of benzene rings is 3. The minimum atomic E-state index is -0.520. The maximum atomic E-state index is 12.7. The quantitative estimate of drug-likeness (QED) is 0.323. The normalized spacial score (nSPS) is 11.6. The summed E-state index contributed by atoms with van der Waals surface area (Å²) in [5.74, 6) is -0.653. The van der Waals surface area contributed by atoms with Crippen LogP contribution in [0.2, 0.25) is 0 Å². The summed E-state index contributed by atoms with van der Waals surface area (Å²) in [7, 11) is 0. The van der Waals surface area contributed by atoms with Crippen molar-refractivity contribution in [2.45, 2.75) is 6.42 Å². The Labute approximate surface area is 196 Å². The Morgan fingerprint density at radius 2 is 1.71 bits per heavy atom. The van der Waals surface area contributed by atoms with Crippen LogP contribution in [0.3, 0.4) is 0 Å². The molecule has 0 aliphatic heterocycles. The molecule has 0 aliphatic rings. The van der Waals surface area contributed by atoms with Crippen molar-refractivity contribution < 1.29 is 9.59 Å². The number of fused-ring (bicyclic) bond motifs is 2. The smallest absolute Gasteiger partial charge is 0.249 e. The van der Waals surface area contributed by atoms with E-state index in [1.807, 2.05) is 78.9 Å². The van der Waals surface area contributed by atoms with Crippen LogP contribution >= 0.6 is 0 Å². The lowest BCUT2D eigenvalue weighted by Gasteiger charge is -2.07. The SMILES string of the molecule is NC(=O)/C(=C/c1c[nH]c2ncc(NC(=O)Cc3ccc4ccccc4c3)cc12)c1ccccc1. The molecule has 0 saturated carbocycles. The first kappa shape index (κ1) is 21.2. The van der Waals surface area contributed by atoms with E-state index >= 15 is 0 Å². The summed E-state index contributed by atoms with van der Waals surface area (Å²) in [5.41, 5.74) is 9.69. The van der Waals surface area contributed by atoms with Gasteiger partial charge in [0.15, 0.2) is 0 Å². The number of H-pyrrole nitrogens is 1. The fourth-order valence-electron chi connectivity index (χ4n) is 4.02. The number of aromatic amines is 1. The van der Waals surface area contributed by atoms with Crippen LogP contribution in [0.15, 0.2) is 91.3 Å². The molecule has 34 heavy (non-hydrogen) atoms. The van der Waals surface area contributed by atoms with Crippen LogP contribution in [0.4, 0.5) is 5.69 Å². The number of amides is 2. The summed E-state index contributed by atoms with van der Waals surface area (Å²) >= 11 is 0. The highest BCUT2D eigenvalue weighted by atomic mass is 16.2. The molecule has 0 spiro atoms. The van der Waals surface area contributed by atoms with Gasteiger partial charge in [0.25, 0.3) is 0 Å². The topological polar surface area (TPSA) is 101 Å². The Hall–Kier alpha value is -4.71. The highest BCUT2D eigenvalue weighted by Gasteiger charge is 2.12. The molecule has 4 N–H and O–H groups in total. The fraction of sp³-hybridized carbons (Fsp3) is 0.0357. The van der Waals surface area contributed by atoms with Crippen LogP contribution in [-0.2, 0) is 16.0 Å². The minimum absolute atomic E-state index is 0.133. The van der Waals surface area contributed by atoms with E-state index in [1.165, 1.54) is 0 Å². The molecule has 0 atom stereocenters. The number of aromatic nitrogens is 2. The van der Waals surface area contributed by atoms with Crippen molar-refractivity contribution in [3.8, 4) is 0 Å². The van der Waals surface area contributed by atoms with Gasteiger partial charge in [-0.15, -0.1) is 0 Å². The van der Waals surface area contributed by atoms with Crippen LogP contribution in [0, 0.1) is 0 Å². The number of carbonyl (C=O) groups is 2. The van der Waals surface area contributed by atoms with E-state index in [9.17, 15) is 9.59 Å². The Morgan fingerprint density at radius 3 is 2.50 bits per heavy atom. The molecule has 3 aromatic carbocycles. The molecule has 0 radical (unpaired) electrons. The zero-order valence-electron chi connectivity index (χ0n) is 18.3. The lowest BCUT2D eigenvalue weighted by atomic mass is 10.0. The Balaban J connectivity index is 1.40. The second-order valence-corrected chi connectivity index (χ2v) is 8.06. The van der Waals surface area contributed by atoms with E-state index in [0.29, 0.717) is 16.9 Å². The molecular weight excluding hydrogens is 424 g/mol. The molecule has 0 unspecified atom stereocenters. The molecule has 0 fully saturated rings. The Morgan fingerprint density at radius 1 is 0.941 bits per heavy atom.